The molecule has 5 nitrogen and oxygen atoms in total. The summed E-state index contributed by atoms with van der Waals surface area (Å²) >= 11 is 1.46. The highest BCUT2D eigenvalue weighted by Gasteiger charge is 2.17. The van der Waals surface area contributed by atoms with Gasteiger partial charge in [-0.1, -0.05) is 53.8 Å². The van der Waals surface area contributed by atoms with Gasteiger partial charge < -0.3 is 4.74 Å². The lowest BCUT2D eigenvalue weighted by Gasteiger charge is -2.11. The SMILES string of the molecule is COc1ccc2sc(-n3c(-c4ccccc4)nc4ccccc4c3=O)nc2c1. The van der Waals surface area contributed by atoms with Crippen LogP contribution in [0.25, 0.3) is 37.6 Å². The Labute approximate surface area is 164 Å². The van der Waals surface area contributed by atoms with Crippen molar-refractivity contribution in [1.82, 2.24) is 14.5 Å². The zero-order chi connectivity index (χ0) is 19.1. The molecule has 0 spiro atoms. The molecule has 5 rings (SSSR count). The van der Waals surface area contributed by atoms with E-state index in [1.807, 2.05) is 66.7 Å². The van der Waals surface area contributed by atoms with Crippen molar-refractivity contribution in [2.45, 2.75) is 0 Å². The molecule has 2 aromatic heterocycles. The molecule has 3 aromatic carbocycles. The van der Waals surface area contributed by atoms with Gasteiger partial charge in [-0.15, -0.1) is 0 Å². The summed E-state index contributed by atoms with van der Waals surface area (Å²) in [6.07, 6.45) is 0. The largest absolute Gasteiger partial charge is 0.497 e. The molecule has 0 amide bonds. The van der Waals surface area contributed by atoms with Crippen LogP contribution in [0.1, 0.15) is 0 Å². The summed E-state index contributed by atoms with van der Waals surface area (Å²) in [7, 11) is 1.62. The van der Waals surface area contributed by atoms with E-state index in [2.05, 4.69) is 0 Å². The van der Waals surface area contributed by atoms with Crippen molar-refractivity contribution >= 4 is 32.5 Å². The van der Waals surface area contributed by atoms with Crippen LogP contribution in [0.2, 0.25) is 0 Å². The minimum Gasteiger partial charge on any atom is -0.497 e. The standard InChI is InChI=1S/C22H15N3O2S/c1-27-15-11-12-19-18(13-15)24-22(28-19)25-20(14-7-3-2-4-8-14)23-17-10-6-5-9-16(17)21(25)26/h2-13H,1H3. The van der Waals surface area contributed by atoms with Crippen LogP contribution in [0, 0.1) is 0 Å². The third-order valence-electron chi connectivity index (χ3n) is 4.58. The topological polar surface area (TPSA) is 57.0 Å². The first-order valence-electron chi connectivity index (χ1n) is 8.77. The van der Waals surface area contributed by atoms with Gasteiger partial charge in [0.25, 0.3) is 5.56 Å². The molecule has 0 radical (unpaired) electrons. The minimum absolute atomic E-state index is 0.129. The first-order chi connectivity index (χ1) is 13.7. The number of hydrogen-bond donors (Lipinski definition) is 0. The lowest BCUT2D eigenvalue weighted by Crippen LogP contribution is -2.21. The highest BCUT2D eigenvalue weighted by molar-refractivity contribution is 7.20. The second-order valence-corrected chi connectivity index (χ2v) is 7.30. The number of hydrogen-bond acceptors (Lipinski definition) is 5. The van der Waals surface area contributed by atoms with E-state index in [4.69, 9.17) is 14.7 Å². The molecule has 0 unspecified atom stereocenters. The van der Waals surface area contributed by atoms with Crippen molar-refractivity contribution in [2.24, 2.45) is 0 Å². The first-order valence-corrected chi connectivity index (χ1v) is 9.58. The fourth-order valence-electron chi connectivity index (χ4n) is 3.21. The third-order valence-corrected chi connectivity index (χ3v) is 5.60. The van der Waals surface area contributed by atoms with E-state index < -0.39 is 0 Å². The Morgan fingerprint density at radius 2 is 1.68 bits per heavy atom. The number of thiazole rings is 1. The molecule has 0 aliphatic heterocycles. The van der Waals surface area contributed by atoms with Gasteiger partial charge in [0.1, 0.15) is 11.6 Å². The Morgan fingerprint density at radius 1 is 0.893 bits per heavy atom. The molecule has 0 bridgehead atoms. The molecule has 0 saturated carbocycles. The summed E-state index contributed by atoms with van der Waals surface area (Å²) in [5, 5.41) is 1.16. The Kier molecular flexibility index (Phi) is 3.91. The zero-order valence-electron chi connectivity index (χ0n) is 15.0. The van der Waals surface area contributed by atoms with Gasteiger partial charge in [-0.05, 0) is 24.3 Å². The summed E-state index contributed by atoms with van der Waals surface area (Å²) in [4.78, 5) is 22.9. The lowest BCUT2D eigenvalue weighted by molar-refractivity contribution is 0.415. The smallest absolute Gasteiger partial charge is 0.268 e. The number of methoxy groups -OCH3 is 1. The van der Waals surface area contributed by atoms with Crippen molar-refractivity contribution in [1.29, 1.82) is 0 Å². The Balaban J connectivity index is 1.85. The second kappa shape index (κ2) is 6.58. The van der Waals surface area contributed by atoms with Crippen LogP contribution in [-0.2, 0) is 0 Å². The van der Waals surface area contributed by atoms with Crippen LogP contribution in [0.5, 0.6) is 5.75 Å². The Bertz CT molecular complexity index is 1370. The van der Waals surface area contributed by atoms with E-state index in [0.29, 0.717) is 21.9 Å². The molecule has 28 heavy (non-hydrogen) atoms. The molecule has 6 heteroatoms. The fourth-order valence-corrected chi connectivity index (χ4v) is 4.16. The molecular weight excluding hydrogens is 370 g/mol. The average molecular weight is 385 g/mol. The Morgan fingerprint density at radius 3 is 2.50 bits per heavy atom. The molecule has 5 aromatic rings. The van der Waals surface area contributed by atoms with Gasteiger partial charge in [0.2, 0.25) is 0 Å². The summed E-state index contributed by atoms with van der Waals surface area (Å²) in [5.74, 6) is 1.31. The number of para-hydroxylation sites is 1. The molecule has 0 atom stereocenters. The predicted molar refractivity (Wildman–Crippen MR) is 113 cm³/mol. The maximum atomic E-state index is 13.4. The van der Waals surface area contributed by atoms with Crippen molar-refractivity contribution in [3.05, 3.63) is 83.2 Å². The maximum absolute atomic E-state index is 13.4. The predicted octanol–water partition coefficient (Wildman–Crippen LogP) is 4.67. The number of ether oxygens (including phenoxy) is 1. The zero-order valence-corrected chi connectivity index (χ0v) is 15.8. The van der Waals surface area contributed by atoms with E-state index in [1.54, 1.807) is 17.7 Å². The summed E-state index contributed by atoms with van der Waals surface area (Å²) in [6, 6.07) is 22.8. The molecule has 0 aliphatic carbocycles. The number of rotatable bonds is 3. The molecule has 0 fully saturated rings. The van der Waals surface area contributed by atoms with Crippen LogP contribution in [0.15, 0.2) is 77.6 Å². The van der Waals surface area contributed by atoms with Gasteiger partial charge in [0, 0.05) is 11.6 Å². The van der Waals surface area contributed by atoms with Crippen LogP contribution in [-0.4, -0.2) is 21.6 Å². The Hall–Kier alpha value is -3.51. The van der Waals surface area contributed by atoms with Crippen LogP contribution in [0.3, 0.4) is 0 Å². The van der Waals surface area contributed by atoms with Gasteiger partial charge in [-0.25, -0.2) is 14.5 Å². The van der Waals surface area contributed by atoms with Crippen molar-refractivity contribution < 1.29 is 4.74 Å². The summed E-state index contributed by atoms with van der Waals surface area (Å²) in [5.41, 5.74) is 2.20. The van der Waals surface area contributed by atoms with E-state index in [1.165, 1.54) is 11.3 Å². The van der Waals surface area contributed by atoms with Gasteiger partial charge >= 0.3 is 0 Å². The maximum Gasteiger partial charge on any atom is 0.268 e. The second-order valence-electron chi connectivity index (χ2n) is 6.29. The van der Waals surface area contributed by atoms with Gasteiger partial charge in [-0.3, -0.25) is 4.79 Å². The third kappa shape index (κ3) is 2.66. The van der Waals surface area contributed by atoms with Crippen LogP contribution < -0.4 is 10.3 Å². The number of fused-ring (bicyclic) bond motifs is 2. The highest BCUT2D eigenvalue weighted by Crippen LogP contribution is 2.30. The van der Waals surface area contributed by atoms with Gasteiger partial charge in [-0.2, -0.15) is 0 Å². The quantitative estimate of drug-likeness (QED) is 0.453. The van der Waals surface area contributed by atoms with Crippen molar-refractivity contribution in [3.8, 4) is 22.3 Å². The van der Waals surface area contributed by atoms with Crippen molar-refractivity contribution in [2.75, 3.05) is 7.11 Å². The number of benzene rings is 3. The molecular formula is C22H15N3O2S. The van der Waals surface area contributed by atoms with Gasteiger partial charge in [0.05, 0.1) is 28.2 Å². The van der Waals surface area contributed by atoms with Crippen LogP contribution >= 0.6 is 11.3 Å². The normalized spacial score (nSPS) is 11.2. The number of aromatic nitrogens is 3. The van der Waals surface area contributed by atoms with E-state index in [-0.39, 0.29) is 5.56 Å². The fraction of sp³-hybridized carbons (Fsp3) is 0.0455. The molecule has 2 heterocycles. The monoisotopic (exact) mass is 385 g/mol. The lowest BCUT2D eigenvalue weighted by atomic mass is 10.2. The molecule has 0 aliphatic rings. The van der Waals surface area contributed by atoms with Crippen molar-refractivity contribution in [3.63, 3.8) is 0 Å². The molecule has 0 saturated heterocycles. The van der Waals surface area contributed by atoms with E-state index in [0.717, 1.165) is 21.5 Å². The van der Waals surface area contributed by atoms with E-state index >= 15 is 0 Å². The first kappa shape index (κ1) is 16.6. The van der Waals surface area contributed by atoms with Gasteiger partial charge in [0.15, 0.2) is 5.13 Å². The highest BCUT2D eigenvalue weighted by atomic mass is 32.1. The molecule has 0 N–H and O–H groups in total. The average Bonchev–Trinajstić information content (AvgIpc) is 3.17. The molecule has 136 valence electrons. The van der Waals surface area contributed by atoms with E-state index in [9.17, 15) is 4.79 Å². The van der Waals surface area contributed by atoms with Crippen LogP contribution in [0.4, 0.5) is 0 Å². The summed E-state index contributed by atoms with van der Waals surface area (Å²) in [6.45, 7) is 0. The minimum atomic E-state index is -0.129. The number of nitrogens with zero attached hydrogens (tertiary/aromatic N) is 3. The summed E-state index contributed by atoms with van der Waals surface area (Å²) < 4.78 is 7.88.